The van der Waals surface area contributed by atoms with Crippen LogP contribution in [0.4, 0.5) is 9.59 Å². The average molecular weight is 787 g/mol. The molecular formula is C44H62N6O7. The van der Waals surface area contributed by atoms with Crippen molar-refractivity contribution >= 4 is 23.9 Å². The van der Waals surface area contributed by atoms with E-state index in [2.05, 4.69) is 25.7 Å². The molecule has 5 unspecified atom stereocenters. The minimum atomic E-state index is -1.02. The zero-order valence-corrected chi connectivity index (χ0v) is 34.5. The summed E-state index contributed by atoms with van der Waals surface area (Å²) in [7, 11) is 1.28. The second kappa shape index (κ2) is 20.4. The second-order valence-corrected chi connectivity index (χ2v) is 17.0. The van der Waals surface area contributed by atoms with Gasteiger partial charge in [0, 0.05) is 56.7 Å². The summed E-state index contributed by atoms with van der Waals surface area (Å²) in [5.74, 6) is -0.882. The highest BCUT2D eigenvalue weighted by Gasteiger charge is 2.44. The molecule has 0 radical (unpaired) electrons. The van der Waals surface area contributed by atoms with Crippen LogP contribution in [0.25, 0.3) is 0 Å². The number of rotatable bonds is 19. The number of carbonyl (C=O) groups is 4. The Morgan fingerprint density at radius 2 is 1.51 bits per heavy atom. The Morgan fingerprint density at radius 1 is 0.860 bits per heavy atom. The van der Waals surface area contributed by atoms with Crippen LogP contribution in [0.3, 0.4) is 0 Å². The first kappa shape index (κ1) is 44.7. The van der Waals surface area contributed by atoms with Crippen molar-refractivity contribution in [3.05, 3.63) is 101 Å². The zero-order chi connectivity index (χ0) is 41.8. The van der Waals surface area contributed by atoms with E-state index in [0.717, 1.165) is 16.8 Å². The Bertz CT molecular complexity index is 1770. The standard InChI is InChI=1S/C44H62N6O7/c1-30(51)23-33-19-14-20-34(47-33)28-49-21-22-50(42(49)56)39(43(2,3)4)40(54)48-37(36(32-17-12-9-13-18-32)24-31-15-10-8-11-16-31)25-35(52)27-45-38(53)26-44(5,6)29-46-41(55)57-7/h8-20,30,35-37,39,51-52H,21-29H2,1-7H3,(H,45,53)(H,46,55)(H,48,54). The minimum Gasteiger partial charge on any atom is -0.453 e. The summed E-state index contributed by atoms with van der Waals surface area (Å²) in [6.07, 6.45) is -0.950. The van der Waals surface area contributed by atoms with Crippen molar-refractivity contribution in [2.45, 2.75) is 104 Å². The van der Waals surface area contributed by atoms with E-state index in [9.17, 15) is 29.4 Å². The van der Waals surface area contributed by atoms with Crippen molar-refractivity contribution in [3.63, 3.8) is 0 Å². The van der Waals surface area contributed by atoms with Gasteiger partial charge in [0.1, 0.15) is 6.04 Å². The maximum absolute atomic E-state index is 14.7. The van der Waals surface area contributed by atoms with Crippen molar-refractivity contribution in [2.24, 2.45) is 10.8 Å². The van der Waals surface area contributed by atoms with E-state index in [1.165, 1.54) is 7.11 Å². The van der Waals surface area contributed by atoms with Crippen molar-refractivity contribution in [1.82, 2.24) is 30.7 Å². The topological polar surface area (TPSA) is 173 Å². The highest BCUT2D eigenvalue weighted by Crippen LogP contribution is 2.32. The summed E-state index contributed by atoms with van der Waals surface area (Å²) in [6.45, 7) is 12.4. The lowest BCUT2D eigenvalue weighted by Crippen LogP contribution is -2.57. The number of alkyl carbamates (subject to hydrolysis) is 1. The van der Waals surface area contributed by atoms with E-state index >= 15 is 0 Å². The van der Waals surface area contributed by atoms with Crippen LogP contribution in [0.5, 0.6) is 0 Å². The zero-order valence-electron chi connectivity index (χ0n) is 34.5. The predicted molar refractivity (Wildman–Crippen MR) is 219 cm³/mol. The number of amides is 5. The molecule has 57 heavy (non-hydrogen) atoms. The molecular weight excluding hydrogens is 725 g/mol. The predicted octanol–water partition coefficient (Wildman–Crippen LogP) is 4.81. The van der Waals surface area contributed by atoms with Crippen molar-refractivity contribution in [1.29, 1.82) is 0 Å². The Hall–Kier alpha value is -5.01. The number of methoxy groups -OCH3 is 1. The molecule has 5 N–H and O–H groups in total. The van der Waals surface area contributed by atoms with Crippen molar-refractivity contribution < 1.29 is 34.1 Å². The van der Waals surface area contributed by atoms with E-state index in [4.69, 9.17) is 0 Å². The molecule has 1 aliphatic rings. The molecule has 4 rings (SSSR count). The van der Waals surface area contributed by atoms with Gasteiger partial charge in [0.25, 0.3) is 0 Å². The highest BCUT2D eigenvalue weighted by atomic mass is 16.5. The monoisotopic (exact) mass is 786 g/mol. The lowest BCUT2D eigenvalue weighted by Gasteiger charge is -2.39. The molecule has 0 spiro atoms. The normalized spacial score (nSPS) is 16.0. The Morgan fingerprint density at radius 3 is 2.14 bits per heavy atom. The van der Waals surface area contributed by atoms with Crippen LogP contribution in [0.1, 0.15) is 82.8 Å². The van der Waals surface area contributed by atoms with Gasteiger partial charge in [-0.3, -0.25) is 14.6 Å². The molecule has 2 heterocycles. The average Bonchev–Trinajstić information content (AvgIpc) is 3.49. The summed E-state index contributed by atoms with van der Waals surface area (Å²) < 4.78 is 4.65. The van der Waals surface area contributed by atoms with Crippen LogP contribution in [0, 0.1) is 10.8 Å². The van der Waals surface area contributed by atoms with E-state index < -0.39 is 41.2 Å². The van der Waals surface area contributed by atoms with Crippen LogP contribution in [0.2, 0.25) is 0 Å². The van der Waals surface area contributed by atoms with Crippen LogP contribution >= 0.6 is 0 Å². The van der Waals surface area contributed by atoms with Crippen molar-refractivity contribution in [2.75, 3.05) is 33.3 Å². The number of aliphatic hydroxyl groups excluding tert-OH is 2. The number of nitrogens with zero attached hydrogens (tertiary/aromatic N) is 3. The maximum atomic E-state index is 14.7. The fourth-order valence-electron chi connectivity index (χ4n) is 7.42. The number of aromatic nitrogens is 1. The third-order valence-corrected chi connectivity index (χ3v) is 10.2. The van der Waals surface area contributed by atoms with Gasteiger partial charge in [-0.25, -0.2) is 9.59 Å². The maximum Gasteiger partial charge on any atom is 0.406 e. The third-order valence-electron chi connectivity index (χ3n) is 10.2. The van der Waals surface area contributed by atoms with Gasteiger partial charge in [-0.1, -0.05) is 101 Å². The molecule has 13 nitrogen and oxygen atoms in total. The highest BCUT2D eigenvalue weighted by molar-refractivity contribution is 5.89. The van der Waals surface area contributed by atoms with Gasteiger partial charge in [0.15, 0.2) is 0 Å². The van der Waals surface area contributed by atoms with Crippen LogP contribution in [-0.4, -0.2) is 107 Å². The second-order valence-electron chi connectivity index (χ2n) is 17.0. The Labute approximate surface area is 337 Å². The SMILES string of the molecule is COC(=O)NCC(C)(C)CC(=O)NCC(O)CC(NC(=O)C(N1CCN(Cc2cccc(CC(C)O)n2)C1=O)C(C)(C)C)C(Cc1ccccc1)c1ccccc1. The lowest BCUT2D eigenvalue weighted by molar-refractivity contribution is -0.130. The summed E-state index contributed by atoms with van der Waals surface area (Å²) in [4.78, 5) is 61.4. The summed E-state index contributed by atoms with van der Waals surface area (Å²) in [5, 5.41) is 30.2. The first-order chi connectivity index (χ1) is 27.0. The van der Waals surface area contributed by atoms with Gasteiger partial charge in [-0.2, -0.15) is 0 Å². The molecule has 1 fully saturated rings. The van der Waals surface area contributed by atoms with Crippen LogP contribution in [-0.2, 0) is 33.7 Å². The first-order valence-electron chi connectivity index (χ1n) is 19.8. The minimum absolute atomic E-state index is 0.0483. The number of nitrogens with one attached hydrogen (secondary N) is 3. The molecule has 2 aromatic carbocycles. The Balaban J connectivity index is 1.56. The van der Waals surface area contributed by atoms with Gasteiger partial charge >= 0.3 is 12.1 Å². The molecule has 0 saturated carbocycles. The number of carbonyl (C=O) groups excluding carboxylic acids is 4. The summed E-state index contributed by atoms with van der Waals surface area (Å²) in [5.41, 5.74) is 2.25. The van der Waals surface area contributed by atoms with Gasteiger partial charge in [0.2, 0.25) is 11.8 Å². The number of urea groups is 1. The fourth-order valence-corrected chi connectivity index (χ4v) is 7.42. The molecule has 0 aliphatic carbocycles. The number of ether oxygens (including phenoxy) is 1. The first-order valence-corrected chi connectivity index (χ1v) is 19.8. The third kappa shape index (κ3) is 13.9. The molecule has 0 bridgehead atoms. The quantitative estimate of drug-likeness (QED) is 0.115. The van der Waals surface area contributed by atoms with E-state index in [1.54, 1.807) is 16.7 Å². The van der Waals surface area contributed by atoms with E-state index in [0.29, 0.717) is 31.6 Å². The Kier molecular flexibility index (Phi) is 16.0. The lowest BCUT2D eigenvalue weighted by atomic mass is 9.81. The number of hydrogen-bond donors (Lipinski definition) is 5. The number of benzene rings is 2. The molecule has 3 aromatic rings. The number of hydrogen-bond acceptors (Lipinski definition) is 8. The molecule has 310 valence electrons. The van der Waals surface area contributed by atoms with Crippen molar-refractivity contribution in [3.8, 4) is 0 Å². The summed E-state index contributed by atoms with van der Waals surface area (Å²) in [6, 6.07) is 23.7. The summed E-state index contributed by atoms with van der Waals surface area (Å²) >= 11 is 0. The fraction of sp³-hybridized carbons (Fsp3) is 0.523. The molecule has 1 aliphatic heterocycles. The molecule has 5 amide bonds. The van der Waals surface area contributed by atoms with E-state index in [1.807, 2.05) is 113 Å². The van der Waals surface area contributed by atoms with Gasteiger partial charge in [-0.15, -0.1) is 0 Å². The van der Waals surface area contributed by atoms with Gasteiger partial charge in [0.05, 0.1) is 31.6 Å². The van der Waals surface area contributed by atoms with Gasteiger partial charge in [-0.05, 0) is 53.9 Å². The number of pyridine rings is 1. The molecule has 13 heteroatoms. The van der Waals surface area contributed by atoms with Crippen LogP contribution < -0.4 is 16.0 Å². The largest absolute Gasteiger partial charge is 0.453 e. The van der Waals surface area contributed by atoms with Crippen LogP contribution in [0.15, 0.2) is 78.9 Å². The van der Waals surface area contributed by atoms with E-state index in [-0.39, 0.29) is 56.2 Å². The molecule has 1 aromatic heterocycles. The molecule has 1 saturated heterocycles. The number of aliphatic hydroxyl groups is 2. The molecule has 5 atom stereocenters. The van der Waals surface area contributed by atoms with Gasteiger partial charge < -0.3 is 40.7 Å². The smallest absolute Gasteiger partial charge is 0.406 e.